The molecule has 0 fully saturated rings. The van der Waals surface area contributed by atoms with E-state index in [1.54, 1.807) is 19.9 Å². The average Bonchev–Trinajstić information content (AvgIpc) is 2.29. The van der Waals surface area contributed by atoms with Crippen molar-refractivity contribution >= 4 is 31.9 Å². The van der Waals surface area contributed by atoms with Crippen LogP contribution in [-0.2, 0) is 0 Å². The topological polar surface area (TPSA) is 36.2 Å². The Morgan fingerprint density at radius 2 is 1.74 bits per heavy atom. The molecule has 100 valence electrons. The molecule has 0 bridgehead atoms. The molecule has 0 N–H and O–H groups in total. The van der Waals surface area contributed by atoms with Crippen LogP contribution in [0.25, 0.3) is 0 Å². The van der Waals surface area contributed by atoms with Crippen molar-refractivity contribution in [2.24, 2.45) is 0 Å². The van der Waals surface area contributed by atoms with Gasteiger partial charge in [-0.05, 0) is 53.0 Å². The molecule has 0 spiro atoms. The maximum atomic E-state index is 13.2. The van der Waals surface area contributed by atoms with Gasteiger partial charge >= 0.3 is 0 Å². The molecule has 3 nitrogen and oxygen atoms in total. The van der Waals surface area contributed by atoms with Crippen LogP contribution < -0.4 is 9.47 Å². The molecular formula is C13H10Br2FNO2. The van der Waals surface area contributed by atoms with Crippen molar-refractivity contribution in [1.29, 1.82) is 0 Å². The van der Waals surface area contributed by atoms with Gasteiger partial charge in [-0.2, -0.15) is 4.73 Å². The monoisotopic (exact) mass is 389 g/mol. The summed E-state index contributed by atoms with van der Waals surface area (Å²) in [5.41, 5.74) is 1.34. The molecule has 0 radical (unpaired) electrons. The molecule has 0 atom stereocenters. The molecule has 19 heavy (non-hydrogen) atoms. The summed E-state index contributed by atoms with van der Waals surface area (Å²) in [5.74, 6) is 0.608. The number of benzene rings is 1. The molecule has 2 aromatic rings. The second-order valence-corrected chi connectivity index (χ2v) is 5.77. The maximum absolute atomic E-state index is 13.2. The Kier molecular flexibility index (Phi) is 4.10. The molecule has 1 heterocycles. The molecule has 1 aromatic carbocycles. The Hall–Kier alpha value is -1.14. The van der Waals surface area contributed by atoms with Crippen LogP contribution in [0, 0.1) is 24.9 Å². The molecule has 2 rings (SSSR count). The number of aryl methyl sites for hydroxylation is 2. The maximum Gasteiger partial charge on any atom is 0.260 e. The second kappa shape index (κ2) is 5.46. The Balaban J connectivity index is 2.45. The SMILES string of the molecule is Cc1cc(F)cc(C)c1Oc1c[n+]([O-])c(Br)cc1Br. The van der Waals surface area contributed by atoms with Crippen LogP contribution in [0.2, 0.25) is 0 Å². The summed E-state index contributed by atoms with van der Waals surface area (Å²) in [5, 5.41) is 11.5. The van der Waals surface area contributed by atoms with E-state index in [0.717, 1.165) is 0 Å². The fraction of sp³-hybridized carbons (Fsp3) is 0.154. The van der Waals surface area contributed by atoms with E-state index in [1.807, 2.05) is 0 Å². The highest BCUT2D eigenvalue weighted by molar-refractivity contribution is 9.11. The third-order valence-electron chi connectivity index (χ3n) is 2.56. The number of ether oxygens (including phenoxy) is 1. The summed E-state index contributed by atoms with van der Waals surface area (Å²) in [4.78, 5) is 0. The van der Waals surface area contributed by atoms with Gasteiger partial charge in [-0.3, -0.25) is 0 Å². The number of hydrogen-bond acceptors (Lipinski definition) is 2. The zero-order chi connectivity index (χ0) is 14.2. The van der Waals surface area contributed by atoms with Crippen molar-refractivity contribution < 1.29 is 13.9 Å². The number of pyridine rings is 1. The molecular weight excluding hydrogens is 381 g/mol. The van der Waals surface area contributed by atoms with Gasteiger partial charge in [0.15, 0.2) is 0 Å². The minimum Gasteiger partial charge on any atom is -0.618 e. The first-order valence-corrected chi connectivity index (χ1v) is 7.00. The normalized spacial score (nSPS) is 10.6. The van der Waals surface area contributed by atoms with Crippen molar-refractivity contribution in [2.45, 2.75) is 13.8 Å². The lowest BCUT2D eigenvalue weighted by atomic mass is 10.1. The van der Waals surface area contributed by atoms with E-state index in [1.165, 1.54) is 18.3 Å². The predicted molar refractivity (Wildman–Crippen MR) is 76.8 cm³/mol. The van der Waals surface area contributed by atoms with Crippen LogP contribution in [0.4, 0.5) is 4.39 Å². The molecule has 0 aliphatic rings. The summed E-state index contributed by atoms with van der Waals surface area (Å²) in [6.07, 6.45) is 1.30. The molecule has 0 saturated heterocycles. The minimum atomic E-state index is -0.309. The van der Waals surface area contributed by atoms with Crippen molar-refractivity contribution in [2.75, 3.05) is 0 Å². The lowest BCUT2D eigenvalue weighted by molar-refractivity contribution is -0.617. The lowest BCUT2D eigenvalue weighted by Gasteiger charge is -2.12. The number of hydrogen-bond donors (Lipinski definition) is 0. The Morgan fingerprint density at radius 3 is 2.32 bits per heavy atom. The highest BCUT2D eigenvalue weighted by atomic mass is 79.9. The van der Waals surface area contributed by atoms with E-state index in [0.29, 0.717) is 36.4 Å². The van der Waals surface area contributed by atoms with E-state index in [4.69, 9.17) is 4.74 Å². The summed E-state index contributed by atoms with van der Waals surface area (Å²) in [7, 11) is 0. The third kappa shape index (κ3) is 3.06. The smallest absolute Gasteiger partial charge is 0.260 e. The van der Waals surface area contributed by atoms with Crippen molar-refractivity contribution in [3.05, 3.63) is 55.6 Å². The van der Waals surface area contributed by atoms with Gasteiger partial charge in [0.05, 0.1) is 4.47 Å². The van der Waals surface area contributed by atoms with E-state index in [2.05, 4.69) is 31.9 Å². The molecule has 6 heteroatoms. The number of nitrogens with zero attached hydrogens (tertiary/aromatic N) is 1. The standard InChI is InChI=1S/C13H10Br2FNO2/c1-7-3-9(16)4-8(2)13(7)19-11-6-17(18)12(15)5-10(11)14/h3-6H,1-2H3. The van der Waals surface area contributed by atoms with Crippen LogP contribution in [0.15, 0.2) is 33.5 Å². The molecule has 0 aliphatic heterocycles. The molecule has 0 unspecified atom stereocenters. The number of halogens is 3. The molecule has 1 aromatic heterocycles. The quantitative estimate of drug-likeness (QED) is 0.433. The van der Waals surface area contributed by atoms with Gasteiger partial charge in [0.25, 0.3) is 4.60 Å². The average molecular weight is 391 g/mol. The fourth-order valence-corrected chi connectivity index (χ4v) is 2.75. The summed E-state index contributed by atoms with van der Waals surface area (Å²) in [6.45, 7) is 3.51. The molecule has 0 saturated carbocycles. The predicted octanol–water partition coefficient (Wildman–Crippen LogP) is 4.39. The third-order valence-corrected chi connectivity index (χ3v) is 3.76. The minimum absolute atomic E-state index is 0.309. The van der Waals surface area contributed by atoms with Crippen molar-refractivity contribution in [1.82, 2.24) is 0 Å². The Labute approximate surface area is 126 Å². The van der Waals surface area contributed by atoms with Crippen LogP contribution in [-0.4, -0.2) is 0 Å². The van der Waals surface area contributed by atoms with Gasteiger partial charge in [-0.1, -0.05) is 0 Å². The van der Waals surface area contributed by atoms with Crippen molar-refractivity contribution in [3.8, 4) is 11.5 Å². The van der Waals surface area contributed by atoms with E-state index in [-0.39, 0.29) is 5.82 Å². The Bertz CT molecular complexity index is 624. The highest BCUT2D eigenvalue weighted by Gasteiger charge is 2.14. The van der Waals surface area contributed by atoms with Gasteiger partial charge in [0, 0.05) is 22.0 Å². The summed E-state index contributed by atoms with van der Waals surface area (Å²) >= 11 is 6.44. The van der Waals surface area contributed by atoms with Gasteiger partial charge in [-0.15, -0.1) is 0 Å². The van der Waals surface area contributed by atoms with E-state index in [9.17, 15) is 9.60 Å². The summed E-state index contributed by atoms with van der Waals surface area (Å²) < 4.78 is 20.6. The largest absolute Gasteiger partial charge is 0.618 e. The molecule has 0 aliphatic carbocycles. The summed E-state index contributed by atoms with van der Waals surface area (Å²) in [6, 6.07) is 4.37. The van der Waals surface area contributed by atoms with Gasteiger partial charge in [0.1, 0.15) is 11.6 Å². The van der Waals surface area contributed by atoms with Crippen LogP contribution in [0.1, 0.15) is 11.1 Å². The zero-order valence-electron chi connectivity index (χ0n) is 10.2. The van der Waals surface area contributed by atoms with E-state index >= 15 is 0 Å². The first-order valence-electron chi connectivity index (χ1n) is 5.41. The van der Waals surface area contributed by atoms with Gasteiger partial charge in [0.2, 0.25) is 11.9 Å². The van der Waals surface area contributed by atoms with Crippen molar-refractivity contribution in [3.63, 3.8) is 0 Å². The second-order valence-electron chi connectivity index (χ2n) is 4.10. The van der Waals surface area contributed by atoms with Gasteiger partial charge < -0.3 is 9.94 Å². The van der Waals surface area contributed by atoms with Crippen LogP contribution in [0.5, 0.6) is 11.5 Å². The van der Waals surface area contributed by atoms with Gasteiger partial charge in [-0.25, -0.2) is 4.39 Å². The lowest BCUT2D eigenvalue weighted by Crippen LogP contribution is -2.27. The number of aromatic nitrogens is 1. The first kappa shape index (κ1) is 14.3. The molecule has 0 amide bonds. The number of rotatable bonds is 2. The first-order chi connectivity index (χ1) is 8.88. The highest BCUT2D eigenvalue weighted by Crippen LogP contribution is 2.33. The zero-order valence-corrected chi connectivity index (χ0v) is 13.4. The van der Waals surface area contributed by atoms with Crippen LogP contribution >= 0.6 is 31.9 Å². The fourth-order valence-electron chi connectivity index (χ4n) is 1.71. The van der Waals surface area contributed by atoms with E-state index < -0.39 is 0 Å². The Morgan fingerprint density at radius 1 is 1.16 bits per heavy atom. The van der Waals surface area contributed by atoms with Crippen LogP contribution in [0.3, 0.4) is 0 Å².